The van der Waals surface area contributed by atoms with E-state index in [2.05, 4.69) is 16.4 Å². The van der Waals surface area contributed by atoms with E-state index >= 15 is 0 Å². The third kappa shape index (κ3) is 6.90. The van der Waals surface area contributed by atoms with Crippen LogP contribution in [0, 0.1) is 0 Å². The van der Waals surface area contributed by atoms with Crippen molar-refractivity contribution in [3.63, 3.8) is 0 Å². The number of ether oxygens (including phenoxy) is 2. The van der Waals surface area contributed by atoms with Gasteiger partial charge in [-0.15, -0.1) is 4.89 Å². The zero-order chi connectivity index (χ0) is 14.4. The summed E-state index contributed by atoms with van der Waals surface area (Å²) >= 11 is 0. The summed E-state index contributed by atoms with van der Waals surface area (Å²) in [6.45, 7) is 11.4. The molecule has 0 radical (unpaired) electrons. The molecule has 0 aliphatic rings. The molecule has 0 spiro atoms. The van der Waals surface area contributed by atoms with Crippen molar-refractivity contribution in [2.24, 2.45) is 0 Å². The van der Waals surface area contributed by atoms with Crippen LogP contribution >= 0.6 is 0 Å². The predicted octanol–water partition coefficient (Wildman–Crippen LogP) is 2.73. The van der Waals surface area contributed by atoms with Gasteiger partial charge < -0.3 is 9.47 Å². The van der Waals surface area contributed by atoms with Gasteiger partial charge in [0.25, 0.3) is 5.79 Å². The SMILES string of the molecule is C=CC(=O)OOC(C)(C)OC(=O)OC(C)(C)CC. The molecule has 0 aliphatic carbocycles. The highest BCUT2D eigenvalue weighted by atomic mass is 17.2. The van der Waals surface area contributed by atoms with E-state index in [0.717, 1.165) is 6.08 Å². The minimum Gasteiger partial charge on any atom is -0.428 e. The standard InChI is InChI=1S/C12H20O6/c1-7-9(13)17-18-12(5,6)16-10(14)15-11(3,4)8-2/h7H,1,8H2,2-6H3. The lowest BCUT2D eigenvalue weighted by Crippen LogP contribution is -2.36. The molecule has 0 aromatic rings. The molecule has 0 fully saturated rings. The van der Waals surface area contributed by atoms with E-state index in [0.29, 0.717) is 6.42 Å². The van der Waals surface area contributed by atoms with Crippen molar-refractivity contribution in [1.29, 1.82) is 0 Å². The Morgan fingerprint density at radius 1 is 1.17 bits per heavy atom. The van der Waals surface area contributed by atoms with Crippen molar-refractivity contribution in [2.75, 3.05) is 0 Å². The average Bonchev–Trinajstić information content (AvgIpc) is 2.24. The van der Waals surface area contributed by atoms with Crippen LogP contribution in [-0.2, 0) is 24.0 Å². The number of carbonyl (C=O) groups excluding carboxylic acids is 2. The molecule has 0 atom stereocenters. The second-order valence-corrected chi connectivity index (χ2v) is 4.66. The maximum Gasteiger partial charge on any atom is 0.511 e. The Labute approximate surface area is 107 Å². The van der Waals surface area contributed by atoms with Crippen LogP contribution in [-0.4, -0.2) is 23.5 Å². The van der Waals surface area contributed by atoms with E-state index in [9.17, 15) is 9.59 Å². The fourth-order valence-electron chi connectivity index (χ4n) is 0.712. The number of rotatable bonds is 6. The number of hydrogen-bond acceptors (Lipinski definition) is 6. The smallest absolute Gasteiger partial charge is 0.428 e. The lowest BCUT2D eigenvalue weighted by Gasteiger charge is -2.27. The molecule has 0 amide bonds. The third-order valence-electron chi connectivity index (χ3n) is 2.03. The van der Waals surface area contributed by atoms with E-state index in [1.54, 1.807) is 13.8 Å². The molecule has 0 heterocycles. The molecular weight excluding hydrogens is 240 g/mol. The van der Waals surface area contributed by atoms with Gasteiger partial charge in [0.15, 0.2) is 0 Å². The molecule has 0 saturated heterocycles. The summed E-state index contributed by atoms with van der Waals surface area (Å²) in [7, 11) is 0. The zero-order valence-corrected chi connectivity index (χ0v) is 11.4. The van der Waals surface area contributed by atoms with Crippen LogP contribution in [0.4, 0.5) is 4.79 Å². The molecule has 0 aromatic heterocycles. The van der Waals surface area contributed by atoms with Gasteiger partial charge in [-0.3, -0.25) is 4.89 Å². The first kappa shape index (κ1) is 16.4. The van der Waals surface area contributed by atoms with Crippen molar-refractivity contribution < 1.29 is 28.8 Å². The van der Waals surface area contributed by atoms with E-state index in [1.807, 2.05) is 6.92 Å². The van der Waals surface area contributed by atoms with Gasteiger partial charge in [0.05, 0.1) is 0 Å². The molecule has 6 nitrogen and oxygen atoms in total. The Balaban J connectivity index is 4.27. The van der Waals surface area contributed by atoms with Crippen molar-refractivity contribution in [1.82, 2.24) is 0 Å². The lowest BCUT2D eigenvalue weighted by molar-refractivity contribution is -0.379. The third-order valence-corrected chi connectivity index (χ3v) is 2.03. The molecular formula is C12H20O6. The van der Waals surface area contributed by atoms with E-state index in [-0.39, 0.29) is 0 Å². The molecule has 104 valence electrons. The van der Waals surface area contributed by atoms with Crippen LogP contribution < -0.4 is 0 Å². The molecule has 0 rings (SSSR count). The van der Waals surface area contributed by atoms with Gasteiger partial charge in [0, 0.05) is 19.9 Å². The van der Waals surface area contributed by atoms with E-state index < -0.39 is 23.5 Å². The first-order chi connectivity index (χ1) is 8.12. The second kappa shape index (κ2) is 6.39. The van der Waals surface area contributed by atoms with Gasteiger partial charge in [0.1, 0.15) is 5.60 Å². The van der Waals surface area contributed by atoms with Crippen LogP contribution in [0.3, 0.4) is 0 Å². The van der Waals surface area contributed by atoms with Crippen molar-refractivity contribution in [3.8, 4) is 0 Å². The monoisotopic (exact) mass is 260 g/mol. The number of hydrogen-bond donors (Lipinski definition) is 0. The molecule has 18 heavy (non-hydrogen) atoms. The second-order valence-electron chi connectivity index (χ2n) is 4.66. The Morgan fingerprint density at radius 3 is 2.17 bits per heavy atom. The van der Waals surface area contributed by atoms with Crippen LogP contribution in [0.25, 0.3) is 0 Å². The summed E-state index contributed by atoms with van der Waals surface area (Å²) in [5.41, 5.74) is -0.634. The van der Waals surface area contributed by atoms with Crippen LogP contribution in [0.2, 0.25) is 0 Å². The Bertz CT molecular complexity index is 319. The Morgan fingerprint density at radius 2 is 1.72 bits per heavy atom. The van der Waals surface area contributed by atoms with E-state index in [4.69, 9.17) is 9.47 Å². The predicted molar refractivity (Wildman–Crippen MR) is 63.4 cm³/mol. The van der Waals surface area contributed by atoms with Gasteiger partial charge >= 0.3 is 12.1 Å². The van der Waals surface area contributed by atoms with Gasteiger partial charge in [-0.2, -0.15) is 0 Å². The lowest BCUT2D eigenvalue weighted by atomic mass is 10.1. The summed E-state index contributed by atoms with van der Waals surface area (Å²) in [6.07, 6.45) is 0.658. The Kier molecular flexibility index (Phi) is 5.84. The topological polar surface area (TPSA) is 71.1 Å². The average molecular weight is 260 g/mol. The first-order valence-electron chi connectivity index (χ1n) is 5.56. The Hall–Kier alpha value is -1.56. The minimum atomic E-state index is -1.44. The summed E-state index contributed by atoms with van der Waals surface area (Å²) in [5, 5.41) is 0. The van der Waals surface area contributed by atoms with Crippen LogP contribution in [0.1, 0.15) is 41.0 Å². The highest BCUT2D eigenvalue weighted by Crippen LogP contribution is 2.18. The highest BCUT2D eigenvalue weighted by molar-refractivity contribution is 5.80. The molecule has 0 saturated carbocycles. The van der Waals surface area contributed by atoms with Gasteiger partial charge in [-0.25, -0.2) is 9.59 Å². The first-order valence-corrected chi connectivity index (χ1v) is 5.56. The van der Waals surface area contributed by atoms with Gasteiger partial charge in [-0.05, 0) is 20.3 Å². The highest BCUT2D eigenvalue weighted by Gasteiger charge is 2.30. The molecule has 0 bridgehead atoms. The molecule has 6 heteroatoms. The molecule has 0 N–H and O–H groups in total. The van der Waals surface area contributed by atoms with E-state index in [1.165, 1.54) is 13.8 Å². The van der Waals surface area contributed by atoms with Crippen LogP contribution in [0.5, 0.6) is 0 Å². The molecule has 0 aromatic carbocycles. The summed E-state index contributed by atoms with van der Waals surface area (Å²) in [6, 6.07) is 0. The summed E-state index contributed by atoms with van der Waals surface area (Å²) < 4.78 is 9.93. The van der Waals surface area contributed by atoms with Crippen molar-refractivity contribution in [3.05, 3.63) is 12.7 Å². The van der Waals surface area contributed by atoms with Crippen molar-refractivity contribution in [2.45, 2.75) is 52.4 Å². The van der Waals surface area contributed by atoms with Crippen LogP contribution in [0.15, 0.2) is 12.7 Å². The van der Waals surface area contributed by atoms with Crippen molar-refractivity contribution >= 4 is 12.1 Å². The molecule has 0 unspecified atom stereocenters. The fourth-order valence-corrected chi connectivity index (χ4v) is 0.712. The van der Waals surface area contributed by atoms with Gasteiger partial charge in [-0.1, -0.05) is 13.5 Å². The summed E-state index contributed by atoms with van der Waals surface area (Å²) in [5.74, 6) is -2.23. The zero-order valence-electron chi connectivity index (χ0n) is 11.4. The normalized spacial score (nSPS) is 11.6. The fraction of sp³-hybridized carbons (Fsp3) is 0.667. The summed E-state index contributed by atoms with van der Waals surface area (Å²) in [4.78, 5) is 31.2. The maximum absolute atomic E-state index is 11.5. The maximum atomic E-state index is 11.5. The number of carbonyl (C=O) groups is 2. The minimum absolute atomic E-state index is 0.634. The molecule has 0 aliphatic heterocycles. The quantitative estimate of drug-likeness (QED) is 0.240. The van der Waals surface area contributed by atoms with Gasteiger partial charge in [0.2, 0.25) is 0 Å². The largest absolute Gasteiger partial charge is 0.511 e.